The number of benzene rings is 1. The lowest BCUT2D eigenvalue weighted by Crippen LogP contribution is -2.29. The summed E-state index contributed by atoms with van der Waals surface area (Å²) in [7, 11) is 0. The molecule has 2 atom stereocenters. The number of hydrogen-bond donors (Lipinski definition) is 1. The highest BCUT2D eigenvalue weighted by molar-refractivity contribution is 6.35. The van der Waals surface area contributed by atoms with Crippen molar-refractivity contribution in [3.63, 3.8) is 0 Å². The average molecular weight is 286 g/mol. The fourth-order valence-electron chi connectivity index (χ4n) is 2.75. The third-order valence-corrected chi connectivity index (χ3v) is 4.61. The van der Waals surface area contributed by atoms with Gasteiger partial charge < -0.3 is 5.32 Å². The maximum atomic E-state index is 6.16. The van der Waals surface area contributed by atoms with Crippen LogP contribution in [0.2, 0.25) is 10.0 Å². The third-order valence-electron chi connectivity index (χ3n) is 4.03. The normalized spacial score (nSPS) is 24.2. The Bertz CT molecular complexity index is 392. The third kappa shape index (κ3) is 3.88. The molecule has 1 N–H and O–H groups in total. The second kappa shape index (κ2) is 6.79. The summed E-state index contributed by atoms with van der Waals surface area (Å²) in [6.45, 7) is 4.31. The molecule has 0 aromatic heterocycles. The highest BCUT2D eigenvalue weighted by atomic mass is 35.5. The van der Waals surface area contributed by atoms with Crippen molar-refractivity contribution in [1.82, 2.24) is 5.32 Å². The fraction of sp³-hybridized carbons (Fsp3) is 0.600. The van der Waals surface area contributed by atoms with Crippen molar-refractivity contribution in [2.45, 2.75) is 39.2 Å². The van der Waals surface area contributed by atoms with Crippen LogP contribution in [0.15, 0.2) is 18.2 Å². The molecule has 0 heterocycles. The van der Waals surface area contributed by atoms with E-state index in [1.807, 2.05) is 18.2 Å². The fourth-order valence-corrected chi connectivity index (χ4v) is 3.23. The highest BCUT2D eigenvalue weighted by Crippen LogP contribution is 2.29. The van der Waals surface area contributed by atoms with Gasteiger partial charge in [0, 0.05) is 16.6 Å². The first-order chi connectivity index (χ1) is 8.66. The minimum atomic E-state index is 0.699. The maximum Gasteiger partial charge on any atom is 0.0465 e. The van der Waals surface area contributed by atoms with Crippen molar-refractivity contribution in [2.75, 3.05) is 6.54 Å². The molecule has 0 spiro atoms. The molecule has 1 saturated carbocycles. The summed E-state index contributed by atoms with van der Waals surface area (Å²) >= 11 is 12.0. The first kappa shape index (κ1) is 14.2. The molecule has 0 bridgehead atoms. The summed E-state index contributed by atoms with van der Waals surface area (Å²) in [5.41, 5.74) is 1.13. The molecule has 2 unspecified atom stereocenters. The first-order valence-electron chi connectivity index (χ1n) is 6.81. The van der Waals surface area contributed by atoms with E-state index >= 15 is 0 Å². The lowest BCUT2D eigenvalue weighted by Gasteiger charge is -2.29. The van der Waals surface area contributed by atoms with Gasteiger partial charge in [-0.1, -0.05) is 55.5 Å². The van der Waals surface area contributed by atoms with Crippen LogP contribution in [0.3, 0.4) is 0 Å². The standard InChI is InChI=1S/C15H21Cl2N/c1-11-4-2-3-5-12(11)9-18-10-13-6-7-14(16)8-15(13)17/h6-8,11-12,18H,2-5,9-10H2,1H3. The molecule has 0 radical (unpaired) electrons. The lowest BCUT2D eigenvalue weighted by atomic mass is 9.80. The van der Waals surface area contributed by atoms with E-state index < -0.39 is 0 Å². The average Bonchev–Trinajstić information content (AvgIpc) is 2.34. The van der Waals surface area contributed by atoms with Crippen molar-refractivity contribution < 1.29 is 0 Å². The minimum absolute atomic E-state index is 0.699. The predicted octanol–water partition coefficient (Wildman–Crippen LogP) is 4.91. The van der Waals surface area contributed by atoms with E-state index in [1.54, 1.807) is 0 Å². The van der Waals surface area contributed by atoms with E-state index in [0.717, 1.165) is 35.5 Å². The smallest absolute Gasteiger partial charge is 0.0465 e. The van der Waals surface area contributed by atoms with E-state index in [2.05, 4.69) is 12.2 Å². The number of hydrogen-bond acceptors (Lipinski definition) is 1. The molecule has 1 fully saturated rings. The highest BCUT2D eigenvalue weighted by Gasteiger charge is 2.20. The van der Waals surface area contributed by atoms with Crippen LogP contribution < -0.4 is 5.32 Å². The maximum absolute atomic E-state index is 6.16. The van der Waals surface area contributed by atoms with Crippen LogP contribution in [-0.4, -0.2) is 6.54 Å². The molecule has 18 heavy (non-hydrogen) atoms. The number of halogens is 2. The summed E-state index contributed by atoms with van der Waals surface area (Å²) in [6, 6.07) is 5.71. The van der Waals surface area contributed by atoms with Crippen LogP contribution in [0.25, 0.3) is 0 Å². The Balaban J connectivity index is 1.81. The molecule has 3 heteroatoms. The Morgan fingerprint density at radius 1 is 1.22 bits per heavy atom. The van der Waals surface area contributed by atoms with Gasteiger partial charge in [0.1, 0.15) is 0 Å². The van der Waals surface area contributed by atoms with Crippen LogP contribution in [0.4, 0.5) is 0 Å². The first-order valence-corrected chi connectivity index (χ1v) is 7.57. The molecular weight excluding hydrogens is 265 g/mol. The van der Waals surface area contributed by atoms with Gasteiger partial charge in [-0.05, 0) is 42.5 Å². The lowest BCUT2D eigenvalue weighted by molar-refractivity contribution is 0.247. The Morgan fingerprint density at radius 2 is 2.00 bits per heavy atom. The number of nitrogens with one attached hydrogen (secondary N) is 1. The zero-order chi connectivity index (χ0) is 13.0. The predicted molar refractivity (Wildman–Crippen MR) is 79.3 cm³/mol. The van der Waals surface area contributed by atoms with Crippen molar-refractivity contribution in [3.8, 4) is 0 Å². The SMILES string of the molecule is CC1CCCCC1CNCc1ccc(Cl)cc1Cl. The molecule has 1 aliphatic rings. The second-order valence-corrected chi connectivity index (χ2v) is 6.23. The molecule has 2 rings (SSSR count). The Kier molecular flexibility index (Phi) is 5.35. The molecule has 1 aromatic rings. The summed E-state index contributed by atoms with van der Waals surface area (Å²) < 4.78 is 0. The van der Waals surface area contributed by atoms with Crippen LogP contribution >= 0.6 is 23.2 Å². The van der Waals surface area contributed by atoms with Crippen molar-refractivity contribution in [3.05, 3.63) is 33.8 Å². The topological polar surface area (TPSA) is 12.0 Å². The molecule has 0 saturated heterocycles. The number of rotatable bonds is 4. The minimum Gasteiger partial charge on any atom is -0.312 e. The van der Waals surface area contributed by atoms with Gasteiger partial charge in [-0.3, -0.25) is 0 Å². The molecule has 1 nitrogen and oxygen atoms in total. The van der Waals surface area contributed by atoms with Gasteiger partial charge in [0.05, 0.1) is 0 Å². The van der Waals surface area contributed by atoms with E-state index in [1.165, 1.54) is 25.7 Å². The van der Waals surface area contributed by atoms with Crippen LogP contribution in [0, 0.1) is 11.8 Å². The van der Waals surface area contributed by atoms with E-state index in [-0.39, 0.29) is 0 Å². The Labute approximate surface area is 120 Å². The molecule has 1 aromatic carbocycles. The summed E-state index contributed by atoms with van der Waals surface area (Å²) in [5, 5.41) is 4.99. The Hall–Kier alpha value is -0.240. The largest absolute Gasteiger partial charge is 0.312 e. The second-order valence-electron chi connectivity index (χ2n) is 5.39. The van der Waals surface area contributed by atoms with Gasteiger partial charge in [-0.2, -0.15) is 0 Å². The van der Waals surface area contributed by atoms with Crippen LogP contribution in [0.5, 0.6) is 0 Å². The van der Waals surface area contributed by atoms with Gasteiger partial charge in [-0.15, -0.1) is 0 Å². The van der Waals surface area contributed by atoms with Crippen molar-refractivity contribution in [1.29, 1.82) is 0 Å². The van der Waals surface area contributed by atoms with Gasteiger partial charge in [0.15, 0.2) is 0 Å². The van der Waals surface area contributed by atoms with E-state index in [0.29, 0.717) is 5.02 Å². The zero-order valence-corrected chi connectivity index (χ0v) is 12.4. The Morgan fingerprint density at radius 3 is 2.72 bits per heavy atom. The molecular formula is C15H21Cl2N. The summed E-state index contributed by atoms with van der Waals surface area (Å²) in [4.78, 5) is 0. The summed E-state index contributed by atoms with van der Waals surface area (Å²) in [6.07, 6.45) is 5.54. The molecule has 100 valence electrons. The molecule has 1 aliphatic carbocycles. The molecule has 0 aliphatic heterocycles. The quantitative estimate of drug-likeness (QED) is 0.829. The monoisotopic (exact) mass is 285 g/mol. The van der Waals surface area contributed by atoms with Crippen LogP contribution in [-0.2, 0) is 6.54 Å². The summed E-state index contributed by atoms with van der Waals surface area (Å²) in [5.74, 6) is 1.68. The van der Waals surface area contributed by atoms with Crippen molar-refractivity contribution >= 4 is 23.2 Å². The van der Waals surface area contributed by atoms with Crippen molar-refractivity contribution in [2.24, 2.45) is 11.8 Å². The molecule has 0 amide bonds. The van der Waals surface area contributed by atoms with Gasteiger partial charge >= 0.3 is 0 Å². The van der Waals surface area contributed by atoms with Gasteiger partial charge in [0.2, 0.25) is 0 Å². The van der Waals surface area contributed by atoms with Gasteiger partial charge in [0.25, 0.3) is 0 Å². The van der Waals surface area contributed by atoms with Gasteiger partial charge in [-0.25, -0.2) is 0 Å². The zero-order valence-electron chi connectivity index (χ0n) is 10.9. The van der Waals surface area contributed by atoms with E-state index in [9.17, 15) is 0 Å². The van der Waals surface area contributed by atoms with E-state index in [4.69, 9.17) is 23.2 Å². The van der Waals surface area contributed by atoms with Crippen LogP contribution in [0.1, 0.15) is 38.2 Å².